The highest BCUT2D eigenvalue weighted by Crippen LogP contribution is 2.19. The third-order valence-corrected chi connectivity index (χ3v) is 5.68. The molecule has 3 rings (SSSR count). The van der Waals surface area contributed by atoms with Gasteiger partial charge in [0, 0.05) is 23.6 Å². The van der Waals surface area contributed by atoms with Crippen molar-refractivity contribution >= 4 is 40.5 Å². The van der Waals surface area contributed by atoms with Crippen LogP contribution in [-0.4, -0.2) is 70.1 Å². The zero-order chi connectivity index (χ0) is 20.8. The predicted octanol–water partition coefficient (Wildman–Crippen LogP) is 1.25. The number of urea groups is 1. The lowest BCUT2D eigenvalue weighted by Gasteiger charge is -2.17. The zero-order valence-electron chi connectivity index (χ0n) is 16.3. The fourth-order valence-corrected chi connectivity index (χ4v) is 3.96. The number of aliphatic hydroxyl groups excluding tert-OH is 1. The molecule has 4 N–H and O–H groups in total. The number of nitrogens with one attached hydrogen (secondary N) is 3. The van der Waals surface area contributed by atoms with Crippen LogP contribution in [0.1, 0.15) is 18.4 Å². The van der Waals surface area contributed by atoms with Gasteiger partial charge >= 0.3 is 6.03 Å². The molecule has 1 fully saturated rings. The summed E-state index contributed by atoms with van der Waals surface area (Å²) in [6.07, 6.45) is 4.88. The van der Waals surface area contributed by atoms with Crippen LogP contribution in [0, 0.1) is 0 Å². The van der Waals surface area contributed by atoms with E-state index in [2.05, 4.69) is 15.6 Å². The van der Waals surface area contributed by atoms with Gasteiger partial charge in [0.05, 0.1) is 19.1 Å². The van der Waals surface area contributed by atoms with Gasteiger partial charge in [-0.2, -0.15) is 11.8 Å². The Labute approximate surface area is 173 Å². The fourth-order valence-electron chi connectivity index (χ4n) is 3.44. The van der Waals surface area contributed by atoms with Crippen molar-refractivity contribution in [2.75, 3.05) is 25.2 Å². The number of rotatable bonds is 10. The third-order valence-electron chi connectivity index (χ3n) is 5.03. The van der Waals surface area contributed by atoms with Gasteiger partial charge in [-0.15, -0.1) is 0 Å². The summed E-state index contributed by atoms with van der Waals surface area (Å²) in [5.74, 6) is 0.0589. The Balaban J connectivity index is 1.54. The van der Waals surface area contributed by atoms with Gasteiger partial charge < -0.3 is 20.7 Å². The number of benzene rings is 1. The van der Waals surface area contributed by atoms with Gasteiger partial charge in [0.15, 0.2) is 0 Å². The molecule has 29 heavy (non-hydrogen) atoms. The molecular weight excluding hydrogens is 392 g/mol. The van der Waals surface area contributed by atoms with Crippen LogP contribution in [0.15, 0.2) is 30.5 Å². The minimum Gasteiger partial charge on any atom is -0.394 e. The van der Waals surface area contributed by atoms with Gasteiger partial charge in [-0.3, -0.25) is 14.5 Å². The standard InChI is InChI=1S/C20H26N4O4S/c1-29-9-7-14(12-25)22-18(26)10-17-19(27)24(20(28)23-17)8-6-13-11-21-16-5-3-2-4-15(13)16/h2-5,11,14,17,21,25H,6-10,12H2,1H3,(H,22,26)(H,23,28)/t14-,17+/m1/s1. The second kappa shape index (κ2) is 9.80. The molecular formula is C20H26N4O4S. The quantitative estimate of drug-likeness (QED) is 0.434. The normalized spacial score (nSPS) is 17.6. The molecule has 9 heteroatoms. The number of carbonyl (C=O) groups excluding carboxylic acids is 3. The summed E-state index contributed by atoms with van der Waals surface area (Å²) in [4.78, 5) is 41.4. The smallest absolute Gasteiger partial charge is 0.324 e. The maximum Gasteiger partial charge on any atom is 0.324 e. The molecule has 4 amide bonds. The van der Waals surface area contributed by atoms with Crippen LogP contribution >= 0.6 is 11.8 Å². The lowest BCUT2D eigenvalue weighted by Crippen LogP contribution is -2.42. The fraction of sp³-hybridized carbons (Fsp3) is 0.450. The molecule has 0 aliphatic carbocycles. The number of hydrogen-bond acceptors (Lipinski definition) is 5. The van der Waals surface area contributed by atoms with Gasteiger partial charge in [-0.25, -0.2) is 4.79 Å². The molecule has 0 spiro atoms. The summed E-state index contributed by atoms with van der Waals surface area (Å²) in [5, 5.41) is 15.7. The summed E-state index contributed by atoms with van der Waals surface area (Å²) < 4.78 is 0. The number of para-hydroxylation sites is 1. The summed E-state index contributed by atoms with van der Waals surface area (Å²) >= 11 is 1.63. The van der Waals surface area contributed by atoms with E-state index in [9.17, 15) is 19.5 Å². The maximum atomic E-state index is 12.6. The van der Waals surface area contributed by atoms with E-state index in [-0.39, 0.29) is 31.5 Å². The van der Waals surface area contributed by atoms with Gasteiger partial charge in [-0.1, -0.05) is 18.2 Å². The number of imide groups is 1. The van der Waals surface area contributed by atoms with Crippen molar-refractivity contribution in [3.05, 3.63) is 36.0 Å². The van der Waals surface area contributed by atoms with Gasteiger partial charge in [-0.05, 0) is 36.5 Å². The SMILES string of the molecule is CSCC[C@H](CO)NC(=O)C[C@@H]1NC(=O)N(CCc2c[nH]c3ccccc23)C1=O. The third kappa shape index (κ3) is 5.10. The number of thioether (sulfide) groups is 1. The summed E-state index contributed by atoms with van der Waals surface area (Å²) in [6, 6.07) is 6.16. The second-order valence-corrected chi connectivity index (χ2v) is 8.02. The Morgan fingerprint density at radius 2 is 2.14 bits per heavy atom. The Hall–Kier alpha value is -2.52. The Morgan fingerprint density at radius 3 is 2.90 bits per heavy atom. The number of carbonyl (C=O) groups is 3. The molecule has 1 aliphatic rings. The van der Waals surface area contributed by atoms with Crippen LogP contribution in [0.2, 0.25) is 0 Å². The first-order chi connectivity index (χ1) is 14.0. The number of hydrogen-bond donors (Lipinski definition) is 4. The molecule has 1 aliphatic heterocycles. The van der Waals surface area contributed by atoms with Crippen molar-refractivity contribution in [3.8, 4) is 0 Å². The van der Waals surface area contributed by atoms with Crippen LogP contribution in [-0.2, 0) is 16.0 Å². The molecule has 0 saturated carbocycles. The lowest BCUT2D eigenvalue weighted by atomic mass is 10.1. The molecule has 0 unspecified atom stereocenters. The zero-order valence-corrected chi connectivity index (χ0v) is 17.1. The maximum absolute atomic E-state index is 12.6. The van der Waals surface area contributed by atoms with Crippen molar-refractivity contribution in [1.29, 1.82) is 0 Å². The topological polar surface area (TPSA) is 115 Å². The molecule has 2 aromatic rings. The van der Waals surface area contributed by atoms with Crippen molar-refractivity contribution in [2.24, 2.45) is 0 Å². The number of aromatic amines is 1. The second-order valence-electron chi connectivity index (χ2n) is 7.03. The lowest BCUT2D eigenvalue weighted by molar-refractivity contribution is -0.131. The summed E-state index contributed by atoms with van der Waals surface area (Å²) in [6.45, 7) is 0.0889. The van der Waals surface area contributed by atoms with Crippen LogP contribution in [0.5, 0.6) is 0 Å². The molecule has 156 valence electrons. The average Bonchev–Trinajstić information content (AvgIpc) is 3.24. The molecule has 0 bridgehead atoms. The highest BCUT2D eigenvalue weighted by Gasteiger charge is 2.38. The van der Waals surface area contributed by atoms with Crippen molar-refractivity contribution in [3.63, 3.8) is 0 Å². The highest BCUT2D eigenvalue weighted by molar-refractivity contribution is 7.98. The average molecular weight is 419 g/mol. The van der Waals surface area contributed by atoms with E-state index in [0.717, 1.165) is 27.1 Å². The monoisotopic (exact) mass is 418 g/mol. The molecule has 1 saturated heterocycles. The number of aromatic nitrogens is 1. The minimum absolute atomic E-state index is 0.135. The number of H-pyrrole nitrogens is 1. The largest absolute Gasteiger partial charge is 0.394 e. The highest BCUT2D eigenvalue weighted by atomic mass is 32.2. The molecule has 2 atom stereocenters. The van der Waals surface area contributed by atoms with Crippen molar-refractivity contribution in [2.45, 2.75) is 31.3 Å². The van der Waals surface area contributed by atoms with Crippen molar-refractivity contribution < 1.29 is 19.5 Å². The van der Waals surface area contributed by atoms with Crippen LogP contribution in [0.3, 0.4) is 0 Å². The molecule has 0 radical (unpaired) electrons. The van der Waals surface area contributed by atoms with Crippen LogP contribution in [0.25, 0.3) is 10.9 Å². The van der Waals surface area contributed by atoms with E-state index in [1.54, 1.807) is 11.8 Å². The number of amides is 4. The van der Waals surface area contributed by atoms with Crippen LogP contribution in [0.4, 0.5) is 4.79 Å². The van der Waals surface area contributed by atoms with Gasteiger partial charge in [0.1, 0.15) is 6.04 Å². The van der Waals surface area contributed by atoms with E-state index >= 15 is 0 Å². The first kappa shape index (κ1) is 21.2. The minimum atomic E-state index is -0.870. The van der Waals surface area contributed by atoms with Gasteiger partial charge in [0.25, 0.3) is 5.91 Å². The number of aliphatic hydroxyl groups is 1. The first-order valence-corrected chi connectivity index (χ1v) is 11.0. The van der Waals surface area contributed by atoms with Crippen LogP contribution < -0.4 is 10.6 Å². The molecule has 1 aromatic heterocycles. The van der Waals surface area contributed by atoms with E-state index in [0.29, 0.717) is 12.8 Å². The van der Waals surface area contributed by atoms with Crippen molar-refractivity contribution in [1.82, 2.24) is 20.5 Å². The van der Waals surface area contributed by atoms with E-state index in [1.165, 1.54) is 0 Å². The summed E-state index contributed by atoms with van der Waals surface area (Å²) in [7, 11) is 0. The molecule has 2 heterocycles. The number of nitrogens with zero attached hydrogens (tertiary/aromatic N) is 1. The molecule has 1 aromatic carbocycles. The Kier molecular flexibility index (Phi) is 7.16. The molecule has 8 nitrogen and oxygen atoms in total. The van der Waals surface area contributed by atoms with Gasteiger partial charge in [0.2, 0.25) is 5.91 Å². The predicted molar refractivity (Wildman–Crippen MR) is 113 cm³/mol. The first-order valence-electron chi connectivity index (χ1n) is 9.59. The Morgan fingerprint density at radius 1 is 1.34 bits per heavy atom. The van der Waals surface area contributed by atoms with E-state index < -0.39 is 18.0 Å². The van der Waals surface area contributed by atoms with E-state index in [4.69, 9.17) is 0 Å². The van der Waals surface area contributed by atoms with E-state index in [1.807, 2.05) is 36.7 Å². The number of fused-ring (bicyclic) bond motifs is 1. The Bertz CT molecular complexity index is 884. The summed E-state index contributed by atoms with van der Waals surface area (Å²) in [5.41, 5.74) is 2.04.